The number of nitrogens with zero attached hydrogens (tertiary/aromatic N) is 2. The second kappa shape index (κ2) is 13.3. The highest BCUT2D eigenvalue weighted by Crippen LogP contribution is 2.42. The van der Waals surface area contributed by atoms with Gasteiger partial charge in [-0.2, -0.15) is 0 Å². The maximum atomic E-state index is 10.6. The molecule has 242 valence electrons. The molecule has 0 saturated heterocycles. The molecule has 0 fully saturated rings. The Labute approximate surface area is 293 Å². The summed E-state index contributed by atoms with van der Waals surface area (Å²) in [5, 5.41) is 11.5. The van der Waals surface area contributed by atoms with E-state index in [9.17, 15) is 5.11 Å². The van der Waals surface area contributed by atoms with E-state index >= 15 is 0 Å². The average molecular weight is 657 g/mol. The molecule has 0 spiro atoms. The number of aromatic hydroxyl groups is 1. The predicted molar refractivity (Wildman–Crippen MR) is 210 cm³/mol. The van der Waals surface area contributed by atoms with Gasteiger partial charge in [0.05, 0.1) is 15.9 Å². The third kappa shape index (κ3) is 6.83. The molecule has 0 aliphatic carbocycles. The van der Waals surface area contributed by atoms with Crippen LogP contribution in [0.1, 0.15) is 57.2 Å². The van der Waals surface area contributed by atoms with Gasteiger partial charge >= 0.3 is 0 Å². The lowest BCUT2D eigenvalue weighted by molar-refractivity contribution is 0.473. The Kier molecular flexibility index (Phi) is 8.75. The van der Waals surface area contributed by atoms with Crippen LogP contribution in [0.15, 0.2) is 138 Å². The zero-order valence-corrected chi connectivity index (χ0v) is 29.4. The molecule has 4 heteroatoms. The summed E-state index contributed by atoms with van der Waals surface area (Å²) in [5.74, 6) is 0.704. The standard InChI is InChI=1S/C45H40N2OS/c1-29(2)33-14-11-15-34(24-33)30-18-20-31(21-19-30)35-26-39(32-12-7-6-8-13-32)43-42(27-35)49-44(47-43)38-16-9-10-17-40(38)46-28-36-25-37(45(3,4)5)22-23-41(36)48/h6-29,48H,1-5H3. The van der Waals surface area contributed by atoms with Gasteiger partial charge < -0.3 is 5.11 Å². The predicted octanol–water partition coefficient (Wildman–Crippen LogP) is 12.8. The number of para-hydroxylation sites is 1. The molecular formula is C45H40N2OS. The highest BCUT2D eigenvalue weighted by atomic mass is 32.1. The molecule has 49 heavy (non-hydrogen) atoms. The Hall–Kier alpha value is -5.32. The lowest BCUT2D eigenvalue weighted by Gasteiger charge is -2.19. The first-order valence-corrected chi connectivity index (χ1v) is 17.6. The number of thiazole rings is 1. The number of aromatic nitrogens is 1. The number of benzene rings is 6. The van der Waals surface area contributed by atoms with E-state index in [0.29, 0.717) is 11.5 Å². The zero-order chi connectivity index (χ0) is 34.1. The van der Waals surface area contributed by atoms with E-state index in [1.807, 2.05) is 36.4 Å². The second-order valence-corrected chi connectivity index (χ2v) is 14.9. The maximum absolute atomic E-state index is 10.6. The first-order chi connectivity index (χ1) is 23.6. The van der Waals surface area contributed by atoms with Crippen LogP contribution in [-0.2, 0) is 5.41 Å². The number of hydrogen-bond acceptors (Lipinski definition) is 4. The molecule has 0 unspecified atom stereocenters. The molecular weight excluding hydrogens is 617 g/mol. The largest absolute Gasteiger partial charge is 0.507 e. The van der Waals surface area contributed by atoms with Crippen LogP contribution in [0.3, 0.4) is 0 Å². The van der Waals surface area contributed by atoms with Crippen LogP contribution in [0.2, 0.25) is 0 Å². The average Bonchev–Trinajstić information content (AvgIpc) is 3.55. The van der Waals surface area contributed by atoms with Gasteiger partial charge in [0.1, 0.15) is 10.8 Å². The highest BCUT2D eigenvalue weighted by Gasteiger charge is 2.17. The number of phenolic OH excluding ortho intramolecular Hbond substituents is 1. The molecule has 0 saturated carbocycles. The quantitative estimate of drug-likeness (QED) is 0.174. The van der Waals surface area contributed by atoms with Gasteiger partial charge in [0.25, 0.3) is 0 Å². The van der Waals surface area contributed by atoms with Crippen molar-refractivity contribution >= 4 is 33.5 Å². The van der Waals surface area contributed by atoms with Crippen LogP contribution in [0.25, 0.3) is 54.2 Å². The third-order valence-corrected chi connectivity index (χ3v) is 10.1. The Bertz CT molecular complexity index is 2290. The molecule has 0 aliphatic heterocycles. The maximum Gasteiger partial charge on any atom is 0.126 e. The fourth-order valence-electron chi connectivity index (χ4n) is 6.11. The molecule has 1 N–H and O–H groups in total. The minimum absolute atomic E-state index is 0.0357. The van der Waals surface area contributed by atoms with Crippen LogP contribution in [-0.4, -0.2) is 16.3 Å². The first kappa shape index (κ1) is 32.2. The molecule has 7 rings (SSSR count). The molecule has 1 aromatic heterocycles. The van der Waals surface area contributed by atoms with Gasteiger partial charge in [0, 0.05) is 22.9 Å². The lowest BCUT2D eigenvalue weighted by atomic mass is 9.86. The Morgan fingerprint density at radius 2 is 1.35 bits per heavy atom. The Morgan fingerprint density at radius 3 is 2.08 bits per heavy atom. The lowest BCUT2D eigenvalue weighted by Crippen LogP contribution is -2.11. The monoisotopic (exact) mass is 656 g/mol. The van der Waals surface area contributed by atoms with Crippen molar-refractivity contribution in [1.82, 2.24) is 4.98 Å². The smallest absolute Gasteiger partial charge is 0.126 e. The summed E-state index contributed by atoms with van der Waals surface area (Å²) < 4.78 is 1.12. The summed E-state index contributed by atoms with van der Waals surface area (Å²) in [5.41, 5.74) is 12.9. The molecule has 0 amide bonds. The fourth-order valence-corrected chi connectivity index (χ4v) is 7.18. The molecule has 1 heterocycles. The van der Waals surface area contributed by atoms with Gasteiger partial charge in [-0.3, -0.25) is 4.99 Å². The number of aliphatic imine (C=N–C) groups is 1. The van der Waals surface area contributed by atoms with Crippen molar-refractivity contribution < 1.29 is 5.11 Å². The van der Waals surface area contributed by atoms with Gasteiger partial charge in [-0.25, -0.2) is 4.98 Å². The SMILES string of the molecule is CC(C)c1cccc(-c2ccc(-c3cc(-c4ccccc4)c4nc(-c5ccccc5N=Cc5cc(C(C)(C)C)ccc5O)sc4c3)cc2)c1. The van der Waals surface area contributed by atoms with Crippen molar-refractivity contribution in [3.63, 3.8) is 0 Å². The number of hydrogen-bond donors (Lipinski definition) is 1. The van der Waals surface area contributed by atoms with E-state index in [1.54, 1.807) is 23.6 Å². The first-order valence-electron chi connectivity index (χ1n) is 16.8. The van der Waals surface area contributed by atoms with Crippen molar-refractivity contribution in [2.24, 2.45) is 4.99 Å². The van der Waals surface area contributed by atoms with Crippen LogP contribution >= 0.6 is 11.3 Å². The van der Waals surface area contributed by atoms with Crippen molar-refractivity contribution in [3.8, 4) is 49.7 Å². The molecule has 7 aromatic rings. The van der Waals surface area contributed by atoms with Crippen molar-refractivity contribution in [3.05, 3.63) is 150 Å². The van der Waals surface area contributed by atoms with E-state index in [4.69, 9.17) is 9.98 Å². The fraction of sp³-hybridized carbons (Fsp3) is 0.156. The minimum atomic E-state index is -0.0357. The van der Waals surface area contributed by atoms with Crippen molar-refractivity contribution in [1.29, 1.82) is 0 Å². The van der Waals surface area contributed by atoms with Crippen LogP contribution in [0.5, 0.6) is 5.75 Å². The van der Waals surface area contributed by atoms with E-state index in [-0.39, 0.29) is 11.2 Å². The van der Waals surface area contributed by atoms with Gasteiger partial charge in [-0.1, -0.05) is 132 Å². The van der Waals surface area contributed by atoms with E-state index in [0.717, 1.165) is 48.7 Å². The third-order valence-electron chi connectivity index (χ3n) is 9.06. The molecule has 0 bridgehead atoms. The molecule has 0 radical (unpaired) electrons. The summed E-state index contributed by atoms with van der Waals surface area (Å²) in [6.45, 7) is 11.0. The Balaban J connectivity index is 1.29. The minimum Gasteiger partial charge on any atom is -0.507 e. The van der Waals surface area contributed by atoms with Gasteiger partial charge in [-0.05, 0) is 86.7 Å². The number of fused-ring (bicyclic) bond motifs is 1. The summed E-state index contributed by atoms with van der Waals surface area (Å²) in [7, 11) is 0. The number of rotatable bonds is 7. The number of phenols is 1. The summed E-state index contributed by atoms with van der Waals surface area (Å²) >= 11 is 1.68. The van der Waals surface area contributed by atoms with E-state index in [1.165, 1.54) is 22.3 Å². The molecule has 3 nitrogen and oxygen atoms in total. The topological polar surface area (TPSA) is 45.5 Å². The second-order valence-electron chi connectivity index (χ2n) is 13.9. The summed E-state index contributed by atoms with van der Waals surface area (Å²) in [4.78, 5) is 10.1. The summed E-state index contributed by atoms with van der Waals surface area (Å²) in [6, 6.07) is 46.6. The van der Waals surface area contributed by atoms with Crippen LogP contribution in [0, 0.1) is 0 Å². The van der Waals surface area contributed by atoms with Crippen molar-refractivity contribution in [2.45, 2.75) is 46.0 Å². The van der Waals surface area contributed by atoms with Crippen LogP contribution in [0.4, 0.5) is 5.69 Å². The molecule has 0 aliphatic rings. The van der Waals surface area contributed by atoms with Gasteiger partial charge in [-0.15, -0.1) is 11.3 Å². The highest BCUT2D eigenvalue weighted by molar-refractivity contribution is 7.21. The zero-order valence-electron chi connectivity index (χ0n) is 28.6. The van der Waals surface area contributed by atoms with Gasteiger partial charge in [0.15, 0.2) is 0 Å². The van der Waals surface area contributed by atoms with E-state index in [2.05, 4.69) is 126 Å². The van der Waals surface area contributed by atoms with Crippen molar-refractivity contribution in [2.75, 3.05) is 0 Å². The Morgan fingerprint density at radius 1 is 0.653 bits per heavy atom. The normalized spacial score (nSPS) is 12.0. The summed E-state index contributed by atoms with van der Waals surface area (Å²) in [6.07, 6.45) is 1.76. The molecule has 0 atom stereocenters. The van der Waals surface area contributed by atoms with Crippen LogP contribution < -0.4 is 0 Å². The van der Waals surface area contributed by atoms with Gasteiger partial charge in [0.2, 0.25) is 0 Å². The van der Waals surface area contributed by atoms with E-state index < -0.39 is 0 Å². The molecule has 6 aromatic carbocycles.